The van der Waals surface area contributed by atoms with E-state index in [4.69, 9.17) is 9.47 Å². The first-order chi connectivity index (χ1) is 13.1. The zero-order valence-electron chi connectivity index (χ0n) is 15.4. The lowest BCUT2D eigenvalue weighted by molar-refractivity contribution is 0.0675. The second-order valence-corrected chi connectivity index (χ2v) is 7.32. The maximum Gasteiger partial charge on any atom is 0.265 e. The lowest BCUT2D eigenvalue weighted by Gasteiger charge is -2.32. The Morgan fingerprint density at radius 3 is 2.63 bits per heavy atom. The van der Waals surface area contributed by atoms with Crippen LogP contribution < -0.4 is 14.8 Å². The number of piperidine rings is 1. The fraction of sp³-hybridized carbons (Fsp3) is 0.421. The van der Waals surface area contributed by atoms with Gasteiger partial charge in [0.25, 0.3) is 11.8 Å². The summed E-state index contributed by atoms with van der Waals surface area (Å²) >= 11 is 1.35. The van der Waals surface area contributed by atoms with Crippen molar-refractivity contribution in [1.82, 2.24) is 15.2 Å². The number of thiazole rings is 1. The molecular formula is C19H23N3O4S. The molecule has 1 aromatic carbocycles. The van der Waals surface area contributed by atoms with Crippen molar-refractivity contribution in [3.8, 4) is 11.5 Å². The van der Waals surface area contributed by atoms with Crippen LogP contribution in [0.15, 0.2) is 29.9 Å². The number of hydrogen-bond acceptors (Lipinski definition) is 6. The average Bonchev–Trinajstić information content (AvgIpc) is 3.26. The van der Waals surface area contributed by atoms with E-state index >= 15 is 0 Å². The van der Waals surface area contributed by atoms with Crippen LogP contribution in [0.4, 0.5) is 0 Å². The summed E-state index contributed by atoms with van der Waals surface area (Å²) in [4.78, 5) is 31.5. The molecule has 27 heavy (non-hydrogen) atoms. The number of ether oxygens (including phenoxy) is 2. The van der Waals surface area contributed by atoms with E-state index in [1.807, 2.05) is 4.90 Å². The van der Waals surface area contributed by atoms with Crippen LogP contribution in [0.3, 0.4) is 0 Å². The van der Waals surface area contributed by atoms with E-state index in [9.17, 15) is 9.59 Å². The minimum absolute atomic E-state index is 0.0195. The van der Waals surface area contributed by atoms with Crippen molar-refractivity contribution in [2.24, 2.45) is 5.92 Å². The van der Waals surface area contributed by atoms with Gasteiger partial charge in [-0.2, -0.15) is 0 Å². The third-order valence-electron chi connectivity index (χ3n) is 4.61. The molecule has 1 unspecified atom stereocenters. The molecule has 3 rings (SSSR count). The lowest BCUT2D eigenvalue weighted by Crippen LogP contribution is -2.43. The van der Waals surface area contributed by atoms with E-state index in [1.165, 1.54) is 11.3 Å². The second-order valence-electron chi connectivity index (χ2n) is 6.44. The summed E-state index contributed by atoms with van der Waals surface area (Å²) in [5, 5.41) is 2.97. The molecule has 7 nitrogen and oxygen atoms in total. The highest BCUT2D eigenvalue weighted by molar-refractivity contribution is 7.11. The second kappa shape index (κ2) is 8.85. The molecule has 2 aromatic rings. The fourth-order valence-corrected chi connectivity index (χ4v) is 3.76. The minimum Gasteiger partial charge on any atom is -0.497 e. The van der Waals surface area contributed by atoms with Crippen LogP contribution in [-0.4, -0.2) is 55.6 Å². The molecule has 1 aromatic heterocycles. The highest BCUT2D eigenvalue weighted by atomic mass is 32.1. The van der Waals surface area contributed by atoms with Gasteiger partial charge >= 0.3 is 0 Å². The van der Waals surface area contributed by atoms with Crippen LogP contribution in [-0.2, 0) is 0 Å². The Morgan fingerprint density at radius 2 is 2.00 bits per heavy atom. The number of likely N-dealkylation sites (tertiary alicyclic amines) is 1. The van der Waals surface area contributed by atoms with E-state index in [0.717, 1.165) is 19.4 Å². The van der Waals surface area contributed by atoms with E-state index in [0.29, 0.717) is 35.0 Å². The third-order valence-corrected chi connectivity index (χ3v) is 5.38. The number of carbonyl (C=O) groups excluding carboxylic acids is 2. The van der Waals surface area contributed by atoms with Crippen LogP contribution in [0, 0.1) is 5.92 Å². The van der Waals surface area contributed by atoms with Gasteiger partial charge in [0, 0.05) is 31.3 Å². The van der Waals surface area contributed by atoms with Crippen molar-refractivity contribution < 1.29 is 19.1 Å². The number of nitrogens with zero attached hydrogens (tertiary/aromatic N) is 2. The van der Waals surface area contributed by atoms with Crippen molar-refractivity contribution in [3.05, 3.63) is 40.3 Å². The summed E-state index contributed by atoms with van der Waals surface area (Å²) < 4.78 is 10.4. The predicted octanol–water partition coefficient (Wildman–Crippen LogP) is 2.44. The smallest absolute Gasteiger partial charge is 0.265 e. The highest BCUT2D eigenvalue weighted by Crippen LogP contribution is 2.23. The molecule has 1 saturated heterocycles. The zero-order chi connectivity index (χ0) is 19.2. The van der Waals surface area contributed by atoms with Crippen molar-refractivity contribution >= 4 is 23.2 Å². The Morgan fingerprint density at radius 1 is 1.26 bits per heavy atom. The Labute approximate surface area is 162 Å². The van der Waals surface area contributed by atoms with Gasteiger partial charge in [-0.15, -0.1) is 11.3 Å². The first kappa shape index (κ1) is 19.2. The highest BCUT2D eigenvalue weighted by Gasteiger charge is 2.25. The topological polar surface area (TPSA) is 80.8 Å². The first-order valence-electron chi connectivity index (χ1n) is 8.79. The van der Waals surface area contributed by atoms with Gasteiger partial charge < -0.3 is 19.7 Å². The average molecular weight is 389 g/mol. The summed E-state index contributed by atoms with van der Waals surface area (Å²) in [6.07, 6.45) is 3.51. The summed E-state index contributed by atoms with van der Waals surface area (Å²) in [6.45, 7) is 1.90. The SMILES string of the molecule is COc1cc(OC)cc(C(=O)NCC2CCCN(C(=O)c3cncs3)C2)c1. The first-order valence-corrected chi connectivity index (χ1v) is 9.67. The maximum absolute atomic E-state index is 12.5. The molecule has 2 amide bonds. The Hall–Kier alpha value is -2.61. The number of aromatic nitrogens is 1. The number of rotatable bonds is 6. The molecule has 1 aliphatic heterocycles. The summed E-state index contributed by atoms with van der Waals surface area (Å²) in [5.74, 6) is 1.20. The standard InChI is InChI=1S/C19H23N3O4S/c1-25-15-6-14(7-16(8-15)26-2)18(23)21-9-13-4-3-5-22(11-13)19(24)17-10-20-12-27-17/h6-8,10,12-13H,3-5,9,11H2,1-2H3,(H,21,23). The molecular weight excluding hydrogens is 366 g/mol. The zero-order valence-corrected chi connectivity index (χ0v) is 16.3. The molecule has 2 heterocycles. The van der Waals surface area contributed by atoms with E-state index in [2.05, 4.69) is 10.3 Å². The van der Waals surface area contributed by atoms with Gasteiger partial charge in [-0.05, 0) is 30.9 Å². The Kier molecular flexibility index (Phi) is 6.28. The summed E-state index contributed by atoms with van der Waals surface area (Å²) in [6, 6.07) is 5.08. The van der Waals surface area contributed by atoms with Gasteiger partial charge in [-0.3, -0.25) is 14.6 Å². The van der Waals surface area contributed by atoms with Gasteiger partial charge in [-0.25, -0.2) is 0 Å². The molecule has 1 aliphatic rings. The van der Waals surface area contributed by atoms with Gasteiger partial charge in [-0.1, -0.05) is 0 Å². The van der Waals surface area contributed by atoms with Gasteiger partial charge in [0.05, 0.1) is 25.9 Å². The van der Waals surface area contributed by atoms with Gasteiger partial charge in [0.2, 0.25) is 0 Å². The van der Waals surface area contributed by atoms with E-state index in [1.54, 1.807) is 44.1 Å². The number of methoxy groups -OCH3 is 2. The molecule has 8 heteroatoms. The normalized spacial score (nSPS) is 16.7. The number of amides is 2. The Bertz CT molecular complexity index is 772. The molecule has 1 atom stereocenters. The lowest BCUT2D eigenvalue weighted by atomic mass is 9.97. The van der Waals surface area contributed by atoms with Crippen molar-refractivity contribution in [2.45, 2.75) is 12.8 Å². The molecule has 0 spiro atoms. The summed E-state index contributed by atoms with van der Waals surface area (Å²) in [7, 11) is 3.10. The fourth-order valence-electron chi connectivity index (χ4n) is 3.17. The maximum atomic E-state index is 12.5. The van der Waals surface area contributed by atoms with Crippen LogP contribution >= 0.6 is 11.3 Å². The number of benzene rings is 1. The molecule has 1 fully saturated rings. The minimum atomic E-state index is -0.182. The monoisotopic (exact) mass is 389 g/mol. The number of carbonyl (C=O) groups is 2. The molecule has 0 aliphatic carbocycles. The van der Waals surface area contributed by atoms with Crippen LogP contribution in [0.25, 0.3) is 0 Å². The molecule has 0 saturated carbocycles. The molecule has 144 valence electrons. The molecule has 0 radical (unpaired) electrons. The van der Waals surface area contributed by atoms with Crippen LogP contribution in [0.2, 0.25) is 0 Å². The van der Waals surface area contributed by atoms with Crippen LogP contribution in [0.1, 0.15) is 32.9 Å². The molecule has 0 bridgehead atoms. The van der Waals surface area contributed by atoms with Crippen molar-refractivity contribution in [1.29, 1.82) is 0 Å². The summed E-state index contributed by atoms with van der Waals surface area (Å²) in [5.41, 5.74) is 2.15. The third kappa shape index (κ3) is 4.77. The van der Waals surface area contributed by atoms with Crippen molar-refractivity contribution in [2.75, 3.05) is 33.9 Å². The van der Waals surface area contributed by atoms with E-state index in [-0.39, 0.29) is 17.7 Å². The van der Waals surface area contributed by atoms with Crippen LogP contribution in [0.5, 0.6) is 11.5 Å². The van der Waals surface area contributed by atoms with Gasteiger partial charge in [0.15, 0.2) is 0 Å². The van der Waals surface area contributed by atoms with Crippen molar-refractivity contribution in [3.63, 3.8) is 0 Å². The largest absolute Gasteiger partial charge is 0.497 e. The molecule has 1 N–H and O–H groups in total. The Balaban J connectivity index is 1.58. The van der Waals surface area contributed by atoms with E-state index < -0.39 is 0 Å². The quantitative estimate of drug-likeness (QED) is 0.821. The predicted molar refractivity (Wildman–Crippen MR) is 103 cm³/mol. The van der Waals surface area contributed by atoms with Gasteiger partial charge in [0.1, 0.15) is 16.4 Å². The number of nitrogens with one attached hydrogen (secondary N) is 1. The number of hydrogen-bond donors (Lipinski definition) is 1.